The number of ether oxygens (including phenoxy) is 8. The van der Waals surface area contributed by atoms with Crippen molar-refractivity contribution in [1.82, 2.24) is 0 Å². The number of fused-ring (bicyclic) bond motifs is 3. The fraction of sp³-hybridized carbons (Fsp3) is 0.932. The third-order valence-electron chi connectivity index (χ3n) is 16.9. The molecule has 0 aromatic rings. The van der Waals surface area contributed by atoms with Crippen LogP contribution in [0.4, 0.5) is 0 Å². The minimum absolute atomic E-state index is 0.0697. The Kier molecular flexibility index (Phi) is 14.8. The molecule has 4 saturated carbocycles. The highest BCUT2D eigenvalue weighted by molar-refractivity contribution is 5.77. The maximum absolute atomic E-state index is 14.2. The number of rotatable bonds is 12. The molecule has 22 heteroatoms. The van der Waals surface area contributed by atoms with Gasteiger partial charge in [0.05, 0.1) is 36.9 Å². The molecule has 4 saturated heterocycles. The summed E-state index contributed by atoms with van der Waals surface area (Å²) < 4.78 is 48.5. The average Bonchev–Trinajstić information content (AvgIpc) is 3.48. The van der Waals surface area contributed by atoms with Crippen LogP contribution in [0.3, 0.4) is 0 Å². The Hall–Kier alpha value is -1.59. The number of carbonyl (C=O) groups excluding carboxylic acids is 1. The first-order valence-corrected chi connectivity index (χ1v) is 23.3. The van der Waals surface area contributed by atoms with E-state index in [1.54, 1.807) is 0 Å². The van der Waals surface area contributed by atoms with Crippen molar-refractivity contribution in [1.29, 1.82) is 0 Å². The zero-order valence-electron chi connectivity index (χ0n) is 37.2. The monoisotopic (exact) mass is 950 g/mol. The Morgan fingerprint density at radius 1 is 0.652 bits per heavy atom. The maximum Gasteiger partial charge on any atom is 0.314 e. The second kappa shape index (κ2) is 19.2. The summed E-state index contributed by atoms with van der Waals surface area (Å²) in [7, 11) is 0. The van der Waals surface area contributed by atoms with E-state index in [1.807, 2.05) is 6.92 Å². The summed E-state index contributed by atoms with van der Waals surface area (Å²) in [5.74, 6) is -0.619. The number of aliphatic hydroxyl groups is 13. The molecule has 0 radical (unpaired) electrons. The highest BCUT2D eigenvalue weighted by atomic mass is 16.8. The van der Waals surface area contributed by atoms with Crippen LogP contribution in [0.5, 0.6) is 0 Å². The summed E-state index contributed by atoms with van der Waals surface area (Å²) in [5, 5.41) is 137. The quantitative estimate of drug-likeness (QED) is 0.0503. The van der Waals surface area contributed by atoms with Crippen molar-refractivity contribution in [3.05, 3.63) is 12.2 Å². The van der Waals surface area contributed by atoms with Crippen LogP contribution in [0.15, 0.2) is 12.2 Å². The number of carbonyl (C=O) groups is 1. The minimum atomic E-state index is -1.93. The molecule has 8 fully saturated rings. The molecule has 2 bridgehead atoms. The summed E-state index contributed by atoms with van der Waals surface area (Å²) in [4.78, 5) is 14.2. The van der Waals surface area contributed by atoms with Crippen molar-refractivity contribution in [3.8, 4) is 0 Å². The van der Waals surface area contributed by atoms with E-state index in [-0.39, 0.29) is 35.7 Å². The molecule has 0 aromatic heterocycles. The fourth-order valence-electron chi connectivity index (χ4n) is 13.4. The van der Waals surface area contributed by atoms with Gasteiger partial charge >= 0.3 is 5.97 Å². The maximum atomic E-state index is 14.2. The molecule has 378 valence electrons. The lowest BCUT2D eigenvalue weighted by molar-refractivity contribution is -0.399. The predicted octanol–water partition coefficient (Wildman–Crippen LogP) is -4.08. The minimum Gasteiger partial charge on any atom is -0.432 e. The molecule has 1 spiro atoms. The van der Waals surface area contributed by atoms with Crippen LogP contribution in [0.25, 0.3) is 0 Å². The smallest absolute Gasteiger partial charge is 0.314 e. The van der Waals surface area contributed by atoms with Gasteiger partial charge in [-0.2, -0.15) is 0 Å². The summed E-state index contributed by atoms with van der Waals surface area (Å²) in [6.07, 6.45) is -26.1. The van der Waals surface area contributed by atoms with E-state index >= 15 is 0 Å². The van der Waals surface area contributed by atoms with Crippen LogP contribution in [-0.2, 0) is 42.7 Å². The highest BCUT2D eigenvalue weighted by Crippen LogP contribution is 2.73. The molecule has 8 aliphatic rings. The van der Waals surface area contributed by atoms with Crippen LogP contribution >= 0.6 is 0 Å². The van der Waals surface area contributed by atoms with E-state index in [2.05, 4.69) is 13.5 Å². The van der Waals surface area contributed by atoms with Crippen LogP contribution < -0.4 is 0 Å². The third kappa shape index (κ3) is 8.50. The van der Waals surface area contributed by atoms with E-state index < -0.39 is 154 Å². The van der Waals surface area contributed by atoms with Crippen molar-refractivity contribution < 1.29 is 109 Å². The summed E-state index contributed by atoms with van der Waals surface area (Å²) in [5.41, 5.74) is -2.08. The van der Waals surface area contributed by atoms with Gasteiger partial charge in [0.1, 0.15) is 85.5 Å². The van der Waals surface area contributed by atoms with Gasteiger partial charge in [-0.25, -0.2) is 0 Å². The molecule has 0 amide bonds. The molecule has 0 aromatic carbocycles. The molecular weight excluding hydrogens is 880 g/mol. The molecule has 13 N–H and O–H groups in total. The number of esters is 1. The fourth-order valence-corrected chi connectivity index (χ4v) is 13.4. The Morgan fingerprint density at radius 2 is 1.23 bits per heavy atom. The SMILES string of the molecule is C=C1C[C@@]23CC[C@H]4[C@@](C)(CCC[C@@]4(C)C(=O)O[C@@H]4OC[C@@H](O)[C@H](O)[C@H]4O)[C@@H]2CC[C@]1(O[C@@H]1O[C@H](CCO)[C@@H](O)[C@H](O[C@@H]2O[C@H](CO)[C@@H](O)[C@H](O)[C@H]2O)[C@H]1O[C@@H]1O[C@H](CO)[C@@H](O)[C@H](O)[C@H]1O)C3. The molecule has 8 rings (SSSR count). The van der Waals surface area contributed by atoms with E-state index in [4.69, 9.17) is 37.9 Å². The van der Waals surface area contributed by atoms with Crippen LogP contribution in [0.2, 0.25) is 0 Å². The van der Waals surface area contributed by atoms with Gasteiger partial charge in [-0.05, 0) is 93.0 Å². The van der Waals surface area contributed by atoms with Crippen LogP contribution in [0, 0.1) is 28.1 Å². The van der Waals surface area contributed by atoms with Crippen LogP contribution in [-0.4, -0.2) is 221 Å². The molecule has 0 unspecified atom stereocenters. The lowest BCUT2D eigenvalue weighted by Gasteiger charge is -2.64. The lowest BCUT2D eigenvalue weighted by Crippen LogP contribution is -2.67. The largest absolute Gasteiger partial charge is 0.432 e. The molecule has 22 nitrogen and oxygen atoms in total. The van der Waals surface area contributed by atoms with Gasteiger partial charge in [-0.1, -0.05) is 19.9 Å². The number of hydrogen-bond acceptors (Lipinski definition) is 22. The van der Waals surface area contributed by atoms with Crippen molar-refractivity contribution in [2.45, 2.75) is 200 Å². The van der Waals surface area contributed by atoms with Crippen molar-refractivity contribution in [2.75, 3.05) is 26.4 Å². The third-order valence-corrected chi connectivity index (χ3v) is 16.9. The van der Waals surface area contributed by atoms with Gasteiger partial charge in [0.25, 0.3) is 0 Å². The first-order valence-electron chi connectivity index (χ1n) is 23.3. The number of aliphatic hydroxyl groups excluding tert-OH is 13. The normalized spacial score (nSPS) is 54.0. The van der Waals surface area contributed by atoms with Crippen molar-refractivity contribution >= 4 is 5.97 Å². The molecule has 25 atom stereocenters. The van der Waals surface area contributed by atoms with Gasteiger partial charge < -0.3 is 104 Å². The standard InChI is InChI=1S/C44H70O22/c1-18-13-43-10-5-23-41(2,8-4-9-42(23,3)40(58)65-36-31(55)25(49)19(48)16-59-36)24(43)6-11-44(18,17-43)66-39-35(64-38-33(57)30(54)27(51)22(15-47)62-38)34(28(52)20(60-39)7-12-45)63-37-32(56)29(53)26(50)21(14-46)61-37/h19-39,45-57H,1,4-17H2,2-3H3/t19-,20-,21-,22-,23+,24+,25+,26-,27-,28-,29+,30+,31-,32-,33-,34+,35-,36+,37+,38+,39+,41-,42-,43-,44+/m1/s1. The van der Waals surface area contributed by atoms with Crippen molar-refractivity contribution in [2.24, 2.45) is 28.1 Å². The molecule has 66 heavy (non-hydrogen) atoms. The summed E-state index contributed by atoms with van der Waals surface area (Å²) in [6, 6.07) is 0. The zero-order chi connectivity index (χ0) is 47.8. The summed E-state index contributed by atoms with van der Waals surface area (Å²) in [6.45, 7) is 6.25. The Labute approximate surface area is 381 Å². The van der Waals surface area contributed by atoms with Gasteiger partial charge in [0.2, 0.25) is 6.29 Å². The Balaban J connectivity index is 1.08. The number of hydrogen-bond donors (Lipinski definition) is 13. The molecule has 4 aliphatic heterocycles. The van der Waals surface area contributed by atoms with E-state index in [0.29, 0.717) is 51.4 Å². The Bertz CT molecular complexity index is 1720. The average molecular weight is 951 g/mol. The zero-order valence-corrected chi connectivity index (χ0v) is 37.2. The molecule has 4 heterocycles. The molecule has 4 aliphatic carbocycles. The molecular formula is C44H70O22. The van der Waals surface area contributed by atoms with Gasteiger partial charge in [-0.15, -0.1) is 0 Å². The van der Waals surface area contributed by atoms with E-state index in [9.17, 15) is 71.2 Å². The lowest BCUT2D eigenvalue weighted by atomic mass is 9.41. The first-order chi connectivity index (χ1) is 31.2. The topological polar surface area (TPSA) is 354 Å². The first kappa shape index (κ1) is 50.8. The predicted molar refractivity (Wildman–Crippen MR) is 218 cm³/mol. The summed E-state index contributed by atoms with van der Waals surface area (Å²) >= 11 is 0. The highest BCUT2D eigenvalue weighted by Gasteiger charge is 2.69. The van der Waals surface area contributed by atoms with Gasteiger partial charge in [-0.3, -0.25) is 4.79 Å². The Morgan fingerprint density at radius 3 is 1.83 bits per heavy atom. The second-order valence-corrected chi connectivity index (χ2v) is 20.7. The van der Waals surface area contributed by atoms with E-state index in [0.717, 1.165) is 12.0 Å². The van der Waals surface area contributed by atoms with E-state index in [1.165, 1.54) is 0 Å². The van der Waals surface area contributed by atoms with Crippen LogP contribution in [0.1, 0.15) is 78.1 Å². The van der Waals surface area contributed by atoms with Crippen molar-refractivity contribution in [3.63, 3.8) is 0 Å². The van der Waals surface area contributed by atoms with Gasteiger partial charge in [0, 0.05) is 6.61 Å². The second-order valence-electron chi connectivity index (χ2n) is 20.7. The van der Waals surface area contributed by atoms with Gasteiger partial charge in [0.15, 0.2) is 18.9 Å².